The van der Waals surface area contributed by atoms with Gasteiger partial charge in [-0.05, 0) is 31.3 Å². The third-order valence-electron chi connectivity index (χ3n) is 2.82. The maximum absolute atomic E-state index is 9.84. The van der Waals surface area contributed by atoms with Gasteiger partial charge in [0, 0.05) is 17.1 Å². The third-order valence-corrected chi connectivity index (χ3v) is 3.06. The molecule has 0 bridgehead atoms. The van der Waals surface area contributed by atoms with Gasteiger partial charge in [-0.3, -0.25) is 4.90 Å². The summed E-state index contributed by atoms with van der Waals surface area (Å²) in [6, 6.07) is 5.10. The Morgan fingerprint density at radius 3 is 2.50 bits per heavy atom. The zero-order valence-electron chi connectivity index (χ0n) is 9.78. The van der Waals surface area contributed by atoms with E-state index in [0.717, 1.165) is 18.7 Å². The summed E-state index contributed by atoms with van der Waals surface area (Å²) in [5, 5.41) is 10.5. The van der Waals surface area contributed by atoms with Gasteiger partial charge < -0.3 is 10.8 Å². The molecule has 0 amide bonds. The molecule has 1 unspecified atom stereocenters. The van der Waals surface area contributed by atoms with E-state index >= 15 is 0 Å². The lowest BCUT2D eigenvalue weighted by Gasteiger charge is -2.29. The van der Waals surface area contributed by atoms with Crippen LogP contribution in [-0.2, 0) is 0 Å². The maximum atomic E-state index is 9.84. The lowest BCUT2D eigenvalue weighted by atomic mass is 10.0. The van der Waals surface area contributed by atoms with E-state index < -0.39 is 0 Å². The van der Waals surface area contributed by atoms with Crippen LogP contribution in [0.15, 0.2) is 18.2 Å². The van der Waals surface area contributed by atoms with Gasteiger partial charge in [0.15, 0.2) is 0 Å². The van der Waals surface area contributed by atoms with Gasteiger partial charge >= 0.3 is 0 Å². The molecule has 4 heteroatoms. The van der Waals surface area contributed by atoms with Gasteiger partial charge in [-0.25, -0.2) is 0 Å². The van der Waals surface area contributed by atoms with Crippen molar-refractivity contribution in [1.82, 2.24) is 4.90 Å². The summed E-state index contributed by atoms with van der Waals surface area (Å²) in [6.07, 6.45) is 0. The minimum atomic E-state index is 0.0219. The fourth-order valence-electron chi connectivity index (χ4n) is 1.93. The molecular weight excluding hydrogens is 224 g/mol. The molecule has 16 heavy (non-hydrogen) atoms. The number of halogens is 1. The Balaban J connectivity index is 3.06. The van der Waals surface area contributed by atoms with E-state index in [-0.39, 0.29) is 11.8 Å². The molecule has 0 radical (unpaired) electrons. The minimum absolute atomic E-state index is 0.0219. The van der Waals surface area contributed by atoms with E-state index in [1.165, 1.54) is 0 Å². The molecule has 3 N–H and O–H groups in total. The van der Waals surface area contributed by atoms with Crippen molar-refractivity contribution in [2.75, 3.05) is 19.6 Å². The van der Waals surface area contributed by atoms with Crippen molar-refractivity contribution < 1.29 is 5.11 Å². The van der Waals surface area contributed by atoms with E-state index in [9.17, 15) is 5.11 Å². The topological polar surface area (TPSA) is 49.5 Å². The number of phenols is 1. The third kappa shape index (κ3) is 2.88. The molecule has 1 aromatic rings. The van der Waals surface area contributed by atoms with Crippen molar-refractivity contribution in [3.05, 3.63) is 28.8 Å². The molecule has 0 aromatic heterocycles. The summed E-state index contributed by atoms with van der Waals surface area (Å²) in [7, 11) is 0. The molecule has 3 nitrogen and oxygen atoms in total. The average molecular weight is 243 g/mol. The quantitative estimate of drug-likeness (QED) is 0.834. The number of rotatable bonds is 5. The number of likely N-dealkylation sites (N-methyl/N-ethyl adjacent to an activating group) is 1. The monoisotopic (exact) mass is 242 g/mol. The van der Waals surface area contributed by atoms with Gasteiger partial charge in [-0.15, -0.1) is 0 Å². The van der Waals surface area contributed by atoms with Crippen LogP contribution in [0.4, 0.5) is 0 Å². The Hall–Kier alpha value is -0.770. The Bertz CT molecular complexity index is 340. The van der Waals surface area contributed by atoms with E-state index in [1.54, 1.807) is 18.2 Å². The second-order valence-corrected chi connectivity index (χ2v) is 4.11. The summed E-state index contributed by atoms with van der Waals surface area (Å²) in [5.74, 6) is 0.256. The van der Waals surface area contributed by atoms with Crippen molar-refractivity contribution in [2.45, 2.75) is 19.9 Å². The van der Waals surface area contributed by atoms with Crippen molar-refractivity contribution >= 4 is 11.6 Å². The van der Waals surface area contributed by atoms with Crippen LogP contribution in [0.5, 0.6) is 5.75 Å². The van der Waals surface area contributed by atoms with E-state index in [2.05, 4.69) is 18.7 Å². The molecule has 1 rings (SSSR count). The number of hydrogen-bond donors (Lipinski definition) is 2. The predicted molar refractivity (Wildman–Crippen MR) is 67.8 cm³/mol. The zero-order valence-corrected chi connectivity index (χ0v) is 10.5. The van der Waals surface area contributed by atoms with Crippen LogP contribution in [0.25, 0.3) is 0 Å². The average Bonchev–Trinajstić information content (AvgIpc) is 2.29. The molecule has 1 atom stereocenters. The highest BCUT2D eigenvalue weighted by atomic mass is 35.5. The van der Waals surface area contributed by atoms with Crippen molar-refractivity contribution in [2.24, 2.45) is 5.73 Å². The molecule has 0 saturated heterocycles. The van der Waals surface area contributed by atoms with Gasteiger partial charge in [0.2, 0.25) is 0 Å². The first-order valence-electron chi connectivity index (χ1n) is 5.56. The Morgan fingerprint density at radius 2 is 2.00 bits per heavy atom. The van der Waals surface area contributed by atoms with Crippen LogP contribution in [0.3, 0.4) is 0 Å². The van der Waals surface area contributed by atoms with Gasteiger partial charge in [0.1, 0.15) is 5.75 Å². The zero-order chi connectivity index (χ0) is 12.1. The molecule has 0 saturated carbocycles. The first-order valence-corrected chi connectivity index (χ1v) is 5.94. The molecule has 90 valence electrons. The smallest absolute Gasteiger partial charge is 0.120 e. The number of phenolic OH excluding ortho intramolecular Hbond substituents is 1. The fraction of sp³-hybridized carbons (Fsp3) is 0.500. The van der Waals surface area contributed by atoms with Crippen LogP contribution in [-0.4, -0.2) is 29.6 Å². The molecular formula is C12H19ClN2O. The van der Waals surface area contributed by atoms with Crippen LogP contribution in [0.2, 0.25) is 5.02 Å². The van der Waals surface area contributed by atoms with E-state index in [1.807, 2.05) is 0 Å². The summed E-state index contributed by atoms with van der Waals surface area (Å²) in [6.45, 7) is 6.41. The first kappa shape index (κ1) is 13.3. The largest absolute Gasteiger partial charge is 0.508 e. The van der Waals surface area contributed by atoms with E-state index in [0.29, 0.717) is 11.6 Å². The van der Waals surface area contributed by atoms with Crippen molar-refractivity contribution in [3.8, 4) is 5.75 Å². The molecule has 0 heterocycles. The summed E-state index contributed by atoms with van der Waals surface area (Å²) in [4.78, 5) is 2.20. The number of hydrogen-bond acceptors (Lipinski definition) is 3. The van der Waals surface area contributed by atoms with Crippen LogP contribution < -0.4 is 5.73 Å². The van der Waals surface area contributed by atoms with E-state index in [4.69, 9.17) is 17.3 Å². The molecule has 0 aliphatic heterocycles. The molecule has 0 fully saturated rings. The fourth-order valence-corrected chi connectivity index (χ4v) is 2.11. The lowest BCUT2D eigenvalue weighted by molar-refractivity contribution is 0.220. The second kappa shape index (κ2) is 6.09. The van der Waals surface area contributed by atoms with Crippen molar-refractivity contribution in [1.29, 1.82) is 0 Å². The molecule has 0 aliphatic rings. The molecule has 0 spiro atoms. The highest BCUT2D eigenvalue weighted by molar-refractivity contribution is 6.30. The van der Waals surface area contributed by atoms with Crippen LogP contribution in [0.1, 0.15) is 25.5 Å². The highest BCUT2D eigenvalue weighted by Crippen LogP contribution is 2.30. The van der Waals surface area contributed by atoms with Crippen LogP contribution >= 0.6 is 11.6 Å². The number of benzene rings is 1. The highest BCUT2D eigenvalue weighted by Gasteiger charge is 2.19. The van der Waals surface area contributed by atoms with Crippen molar-refractivity contribution in [3.63, 3.8) is 0 Å². The normalized spacial score (nSPS) is 13.1. The van der Waals surface area contributed by atoms with Gasteiger partial charge in [-0.2, -0.15) is 0 Å². The predicted octanol–water partition coefficient (Wildman–Crippen LogP) is 2.39. The van der Waals surface area contributed by atoms with Gasteiger partial charge in [0.05, 0.1) is 6.04 Å². The van der Waals surface area contributed by atoms with Crippen LogP contribution in [0, 0.1) is 0 Å². The number of nitrogens with two attached hydrogens (primary N) is 1. The molecule has 0 aliphatic carbocycles. The SMILES string of the molecule is CCN(CC)C(CN)c1cc(Cl)ccc1O. The standard InChI is InChI=1S/C12H19ClN2O/c1-3-15(4-2)11(8-14)10-7-9(13)5-6-12(10)16/h5-7,11,16H,3-4,8,14H2,1-2H3. The maximum Gasteiger partial charge on any atom is 0.120 e. The number of aromatic hydroxyl groups is 1. The minimum Gasteiger partial charge on any atom is -0.508 e. The summed E-state index contributed by atoms with van der Waals surface area (Å²) < 4.78 is 0. The number of nitrogens with zero attached hydrogens (tertiary/aromatic N) is 1. The summed E-state index contributed by atoms with van der Waals surface area (Å²) >= 11 is 5.94. The lowest BCUT2D eigenvalue weighted by Crippen LogP contribution is -2.33. The second-order valence-electron chi connectivity index (χ2n) is 3.68. The summed E-state index contributed by atoms with van der Waals surface area (Å²) in [5.41, 5.74) is 6.58. The van der Waals surface area contributed by atoms with Gasteiger partial charge in [-0.1, -0.05) is 25.4 Å². The Labute approximate surface area is 102 Å². The first-order chi connectivity index (χ1) is 7.63. The Morgan fingerprint density at radius 1 is 1.38 bits per heavy atom. The van der Waals surface area contributed by atoms with Gasteiger partial charge in [0.25, 0.3) is 0 Å². The molecule has 1 aromatic carbocycles. The Kier molecular flexibility index (Phi) is 5.06.